The third-order valence-corrected chi connectivity index (χ3v) is 1.89. The molecule has 7 heteroatoms. The lowest BCUT2D eigenvalue weighted by Crippen LogP contribution is -2.28. The number of ketones is 1. The first-order valence-electron chi connectivity index (χ1n) is 5.53. The molecule has 20 heavy (non-hydrogen) atoms. The van der Waals surface area contributed by atoms with E-state index < -0.39 is 36.4 Å². The van der Waals surface area contributed by atoms with E-state index in [1.54, 1.807) is 6.07 Å². The molecular weight excluding hydrogens is 266 g/mol. The first-order valence-corrected chi connectivity index (χ1v) is 5.53. The van der Waals surface area contributed by atoms with E-state index in [4.69, 9.17) is 15.5 Å². The van der Waals surface area contributed by atoms with Crippen LogP contribution < -0.4 is 0 Å². The van der Waals surface area contributed by atoms with Gasteiger partial charge in [-0.05, 0) is 6.08 Å². The van der Waals surface area contributed by atoms with Gasteiger partial charge in [0.25, 0.3) is 0 Å². The van der Waals surface area contributed by atoms with Gasteiger partial charge >= 0.3 is 11.9 Å². The Balaban J connectivity index is 0. The maximum atomic E-state index is 11.2. The van der Waals surface area contributed by atoms with Crippen LogP contribution in [0.1, 0.15) is 13.3 Å². The van der Waals surface area contributed by atoms with Crippen molar-refractivity contribution in [2.75, 3.05) is 6.61 Å². The summed E-state index contributed by atoms with van der Waals surface area (Å²) >= 11 is 0. The van der Waals surface area contributed by atoms with Gasteiger partial charge in [0, 0.05) is 6.08 Å². The summed E-state index contributed by atoms with van der Waals surface area (Å²) in [5.41, 5.74) is 0. The van der Waals surface area contributed by atoms with E-state index in [0.29, 0.717) is 0 Å². The summed E-state index contributed by atoms with van der Waals surface area (Å²) in [6.45, 7) is 7.17. The van der Waals surface area contributed by atoms with Crippen molar-refractivity contribution in [3.8, 4) is 6.07 Å². The van der Waals surface area contributed by atoms with E-state index in [1.165, 1.54) is 13.0 Å². The molecule has 0 spiro atoms. The third kappa shape index (κ3) is 10.7. The Morgan fingerprint density at radius 3 is 2.25 bits per heavy atom. The minimum atomic E-state index is -1.45. The van der Waals surface area contributed by atoms with Crippen molar-refractivity contribution in [3.05, 3.63) is 25.3 Å². The number of esters is 1. The van der Waals surface area contributed by atoms with Gasteiger partial charge in [-0.1, -0.05) is 20.1 Å². The number of carbonyl (C=O) groups is 3. The van der Waals surface area contributed by atoms with E-state index in [-0.39, 0.29) is 6.42 Å². The topological polar surface area (TPSA) is 125 Å². The number of hydrogen-bond donors (Lipinski definition) is 2. The smallest absolute Gasteiger partial charge is 0.309 e. The van der Waals surface area contributed by atoms with E-state index in [1.807, 2.05) is 0 Å². The van der Waals surface area contributed by atoms with Crippen LogP contribution in [0.15, 0.2) is 25.3 Å². The van der Waals surface area contributed by atoms with E-state index in [2.05, 4.69) is 17.9 Å². The maximum Gasteiger partial charge on any atom is 0.309 e. The molecule has 0 radical (unpaired) electrons. The Labute approximate surface area is 116 Å². The average Bonchev–Trinajstić information content (AvgIpc) is 2.42. The monoisotopic (exact) mass is 283 g/mol. The second kappa shape index (κ2) is 11.6. The Morgan fingerprint density at radius 1 is 1.40 bits per heavy atom. The summed E-state index contributed by atoms with van der Waals surface area (Å²) in [5.74, 6) is -3.35. The van der Waals surface area contributed by atoms with Gasteiger partial charge in [0.15, 0.2) is 11.9 Å². The standard InChI is InChI=1S/C10H14O6.C3H3N/c1-3-7(11)8(12)5-16-10(15)6(2)4-9(13)14;1-2-3-4/h3,6,8,12H,1,4-5H2,2H3,(H,13,14);2H,1H2. The number of nitrogens with zero attached hydrogens (tertiary/aromatic N) is 1. The summed E-state index contributed by atoms with van der Waals surface area (Å²) in [4.78, 5) is 32.3. The number of hydrogen-bond acceptors (Lipinski definition) is 6. The van der Waals surface area contributed by atoms with Crippen molar-refractivity contribution in [2.45, 2.75) is 19.4 Å². The highest BCUT2D eigenvalue weighted by Crippen LogP contribution is 2.05. The van der Waals surface area contributed by atoms with Crippen molar-refractivity contribution in [1.29, 1.82) is 5.26 Å². The van der Waals surface area contributed by atoms with Gasteiger partial charge in [-0.15, -0.1) is 0 Å². The fourth-order valence-electron chi connectivity index (χ4n) is 0.867. The van der Waals surface area contributed by atoms with E-state index in [0.717, 1.165) is 6.08 Å². The highest BCUT2D eigenvalue weighted by Gasteiger charge is 2.20. The number of allylic oxidation sites excluding steroid dienone is 1. The number of ether oxygens (including phenoxy) is 1. The van der Waals surface area contributed by atoms with Crippen LogP contribution in [-0.2, 0) is 19.1 Å². The lowest BCUT2D eigenvalue weighted by atomic mass is 10.1. The first kappa shape index (κ1) is 19.9. The van der Waals surface area contributed by atoms with E-state index >= 15 is 0 Å². The first-order chi connectivity index (χ1) is 9.29. The molecule has 2 unspecified atom stereocenters. The van der Waals surface area contributed by atoms with Gasteiger partial charge in [-0.25, -0.2) is 0 Å². The number of aliphatic hydroxyl groups excluding tert-OH is 1. The molecule has 0 heterocycles. The van der Waals surface area contributed by atoms with Crippen LogP contribution in [0.3, 0.4) is 0 Å². The Hall–Kier alpha value is -2.46. The number of aliphatic carboxylic acids is 1. The quantitative estimate of drug-likeness (QED) is 0.395. The largest absolute Gasteiger partial charge is 0.481 e. The van der Waals surface area contributed by atoms with Crippen LogP contribution in [0, 0.1) is 17.2 Å². The van der Waals surface area contributed by atoms with Gasteiger partial charge in [0.05, 0.1) is 18.4 Å². The number of carboxylic acid groups (broad SMARTS) is 1. The van der Waals surface area contributed by atoms with Crippen LogP contribution >= 0.6 is 0 Å². The molecule has 0 amide bonds. The zero-order valence-electron chi connectivity index (χ0n) is 11.1. The minimum absolute atomic E-state index is 0.357. The van der Waals surface area contributed by atoms with Crippen LogP contribution in [-0.4, -0.2) is 40.6 Å². The average molecular weight is 283 g/mol. The molecule has 0 aromatic heterocycles. The normalized spacial score (nSPS) is 11.7. The molecule has 0 aliphatic heterocycles. The fraction of sp³-hybridized carbons (Fsp3) is 0.385. The predicted molar refractivity (Wildman–Crippen MR) is 69.4 cm³/mol. The fourth-order valence-corrected chi connectivity index (χ4v) is 0.867. The summed E-state index contributed by atoms with van der Waals surface area (Å²) in [6.07, 6.45) is 0.294. The molecule has 0 aliphatic rings. The highest BCUT2D eigenvalue weighted by atomic mass is 16.5. The lowest BCUT2D eigenvalue weighted by molar-refractivity contribution is -0.155. The van der Waals surface area contributed by atoms with Gasteiger partial charge in [-0.2, -0.15) is 5.26 Å². The molecule has 2 atom stereocenters. The number of rotatable bonds is 7. The summed E-state index contributed by atoms with van der Waals surface area (Å²) < 4.78 is 4.57. The molecule has 110 valence electrons. The molecule has 0 saturated heterocycles. The number of carbonyl (C=O) groups excluding carboxylic acids is 2. The van der Waals surface area contributed by atoms with Crippen molar-refractivity contribution in [1.82, 2.24) is 0 Å². The molecular formula is C13H17NO6. The predicted octanol–water partition coefficient (Wildman–Crippen LogP) is 0.452. The minimum Gasteiger partial charge on any atom is -0.481 e. The van der Waals surface area contributed by atoms with Crippen molar-refractivity contribution < 1.29 is 29.3 Å². The zero-order chi connectivity index (χ0) is 16.1. The van der Waals surface area contributed by atoms with Gasteiger partial charge in [0.1, 0.15) is 6.61 Å². The van der Waals surface area contributed by atoms with Crippen LogP contribution in [0.4, 0.5) is 0 Å². The molecule has 0 bridgehead atoms. The molecule has 0 aliphatic carbocycles. The molecule has 2 N–H and O–H groups in total. The zero-order valence-corrected chi connectivity index (χ0v) is 11.1. The maximum absolute atomic E-state index is 11.2. The second-order valence-corrected chi connectivity index (χ2v) is 3.58. The lowest BCUT2D eigenvalue weighted by Gasteiger charge is -2.11. The molecule has 0 aromatic rings. The second-order valence-electron chi connectivity index (χ2n) is 3.58. The molecule has 0 rings (SSSR count). The summed E-state index contributed by atoms with van der Waals surface area (Å²) in [5, 5.41) is 25.0. The molecule has 7 nitrogen and oxygen atoms in total. The van der Waals surface area contributed by atoms with Crippen molar-refractivity contribution in [3.63, 3.8) is 0 Å². The summed E-state index contributed by atoms with van der Waals surface area (Å²) in [6, 6.07) is 1.69. The SMILES string of the molecule is C=CC#N.C=CC(=O)C(O)COC(=O)C(C)CC(=O)O. The molecule has 0 aromatic carbocycles. The van der Waals surface area contributed by atoms with Gasteiger partial charge in [-0.3, -0.25) is 14.4 Å². The van der Waals surface area contributed by atoms with E-state index in [9.17, 15) is 14.4 Å². The van der Waals surface area contributed by atoms with Crippen LogP contribution in [0.25, 0.3) is 0 Å². The molecule has 0 saturated carbocycles. The van der Waals surface area contributed by atoms with Gasteiger partial charge in [0.2, 0.25) is 0 Å². The van der Waals surface area contributed by atoms with Crippen LogP contribution in [0.5, 0.6) is 0 Å². The molecule has 0 fully saturated rings. The van der Waals surface area contributed by atoms with Crippen LogP contribution in [0.2, 0.25) is 0 Å². The number of carboxylic acids is 1. The number of nitriles is 1. The third-order valence-electron chi connectivity index (χ3n) is 1.89. The van der Waals surface area contributed by atoms with Crippen molar-refractivity contribution >= 4 is 17.7 Å². The Bertz CT molecular complexity index is 410. The highest BCUT2D eigenvalue weighted by molar-refractivity contribution is 5.93. The van der Waals surface area contributed by atoms with Crippen molar-refractivity contribution in [2.24, 2.45) is 5.92 Å². The van der Waals surface area contributed by atoms with Gasteiger partial charge < -0.3 is 14.9 Å². The number of aliphatic hydroxyl groups is 1. The Morgan fingerprint density at radius 2 is 1.90 bits per heavy atom. The Kier molecular flexibility index (Phi) is 11.5. The summed E-state index contributed by atoms with van der Waals surface area (Å²) in [7, 11) is 0.